The third-order valence-corrected chi connectivity index (χ3v) is 1.77. The SMILES string of the molecule is COc1ccc(/C=C(/C#N)C(=O)[O-])cc1.[Na+]. The van der Waals surface area contributed by atoms with Crippen molar-refractivity contribution >= 4 is 12.0 Å². The van der Waals surface area contributed by atoms with Gasteiger partial charge >= 0.3 is 29.6 Å². The van der Waals surface area contributed by atoms with Crippen molar-refractivity contribution in [1.82, 2.24) is 0 Å². The van der Waals surface area contributed by atoms with Crippen LogP contribution in [-0.2, 0) is 4.79 Å². The molecule has 0 saturated carbocycles. The Morgan fingerprint density at radius 2 is 2.00 bits per heavy atom. The number of carbonyl (C=O) groups is 1. The first kappa shape index (κ1) is 14.7. The molecule has 1 aromatic rings. The maximum atomic E-state index is 10.4. The van der Waals surface area contributed by atoms with E-state index in [1.807, 2.05) is 0 Å². The molecule has 0 radical (unpaired) electrons. The molecule has 0 N–H and O–H groups in total. The number of methoxy groups -OCH3 is 1. The molecule has 0 aliphatic heterocycles. The van der Waals surface area contributed by atoms with Gasteiger partial charge in [-0.05, 0) is 23.8 Å². The van der Waals surface area contributed by atoms with Gasteiger partial charge in [-0.25, -0.2) is 0 Å². The van der Waals surface area contributed by atoms with Gasteiger partial charge in [-0.2, -0.15) is 5.26 Å². The zero-order chi connectivity index (χ0) is 11.3. The van der Waals surface area contributed by atoms with Crippen LogP contribution in [0.2, 0.25) is 0 Å². The molecule has 0 aromatic heterocycles. The number of hydrogen-bond donors (Lipinski definition) is 0. The van der Waals surface area contributed by atoms with E-state index in [1.54, 1.807) is 30.3 Å². The fraction of sp³-hybridized carbons (Fsp3) is 0.0909. The Labute approximate surface area is 115 Å². The van der Waals surface area contributed by atoms with Gasteiger partial charge in [0.1, 0.15) is 11.8 Å². The molecule has 0 unspecified atom stereocenters. The van der Waals surface area contributed by atoms with Gasteiger partial charge in [0, 0.05) is 0 Å². The molecule has 0 aliphatic rings. The maximum absolute atomic E-state index is 10.4. The molecule has 0 spiro atoms. The molecule has 0 bridgehead atoms. The second-order valence-electron chi connectivity index (χ2n) is 2.73. The average Bonchev–Trinajstić information content (AvgIpc) is 2.26. The third-order valence-electron chi connectivity index (χ3n) is 1.77. The number of carboxylic acid groups (broad SMARTS) is 1. The molecular formula is C11H8NNaO3. The van der Waals surface area contributed by atoms with Crippen molar-refractivity contribution < 1.29 is 44.2 Å². The predicted molar refractivity (Wildman–Crippen MR) is 51.6 cm³/mol. The van der Waals surface area contributed by atoms with E-state index in [9.17, 15) is 9.90 Å². The van der Waals surface area contributed by atoms with E-state index in [4.69, 9.17) is 10.00 Å². The van der Waals surface area contributed by atoms with Gasteiger partial charge in [0.05, 0.1) is 18.7 Å². The second-order valence-corrected chi connectivity index (χ2v) is 2.73. The van der Waals surface area contributed by atoms with Crippen LogP contribution in [0.25, 0.3) is 6.08 Å². The fourth-order valence-corrected chi connectivity index (χ4v) is 1.00. The molecule has 4 nitrogen and oxygen atoms in total. The molecule has 5 heteroatoms. The number of carboxylic acids is 1. The molecule has 0 fully saturated rings. The van der Waals surface area contributed by atoms with Crippen LogP contribution >= 0.6 is 0 Å². The van der Waals surface area contributed by atoms with Crippen molar-refractivity contribution in [2.75, 3.05) is 7.11 Å². The summed E-state index contributed by atoms with van der Waals surface area (Å²) in [5.74, 6) is -0.813. The van der Waals surface area contributed by atoms with Gasteiger partial charge in [0.15, 0.2) is 0 Å². The van der Waals surface area contributed by atoms with E-state index in [0.29, 0.717) is 11.3 Å². The second kappa shape index (κ2) is 7.07. The zero-order valence-corrected chi connectivity index (χ0v) is 11.1. The number of nitrogens with zero attached hydrogens (tertiary/aromatic N) is 1. The smallest absolute Gasteiger partial charge is 0.544 e. The Balaban J connectivity index is 0.00000225. The Hall–Kier alpha value is -1.28. The fourth-order valence-electron chi connectivity index (χ4n) is 1.00. The molecule has 1 rings (SSSR count). The van der Waals surface area contributed by atoms with Gasteiger partial charge in [0.2, 0.25) is 0 Å². The minimum atomic E-state index is -1.48. The summed E-state index contributed by atoms with van der Waals surface area (Å²) >= 11 is 0. The number of rotatable bonds is 3. The summed E-state index contributed by atoms with van der Waals surface area (Å²) in [4.78, 5) is 10.4. The van der Waals surface area contributed by atoms with E-state index in [-0.39, 0.29) is 29.6 Å². The summed E-state index contributed by atoms with van der Waals surface area (Å²) in [7, 11) is 1.53. The van der Waals surface area contributed by atoms with Crippen molar-refractivity contribution in [3.05, 3.63) is 35.4 Å². The molecule has 0 saturated heterocycles. The first-order valence-electron chi connectivity index (χ1n) is 4.14. The van der Waals surface area contributed by atoms with Crippen LogP contribution < -0.4 is 39.4 Å². The quantitative estimate of drug-likeness (QED) is 0.320. The van der Waals surface area contributed by atoms with Crippen LogP contribution in [0.15, 0.2) is 29.8 Å². The van der Waals surface area contributed by atoms with Crippen molar-refractivity contribution in [1.29, 1.82) is 5.26 Å². The van der Waals surface area contributed by atoms with Gasteiger partial charge in [0.25, 0.3) is 0 Å². The summed E-state index contributed by atoms with van der Waals surface area (Å²) in [6, 6.07) is 8.20. The predicted octanol–water partition coefficient (Wildman–Crippen LogP) is -2.64. The Morgan fingerprint density at radius 1 is 1.44 bits per heavy atom. The number of hydrogen-bond acceptors (Lipinski definition) is 4. The van der Waals surface area contributed by atoms with E-state index < -0.39 is 11.5 Å². The molecule has 16 heavy (non-hydrogen) atoms. The Morgan fingerprint density at radius 3 is 2.38 bits per heavy atom. The number of benzene rings is 1. The summed E-state index contributed by atoms with van der Waals surface area (Å²) in [5.41, 5.74) is 0.205. The topological polar surface area (TPSA) is 73.1 Å². The van der Waals surface area contributed by atoms with Crippen molar-refractivity contribution in [3.8, 4) is 11.8 Å². The molecule has 0 atom stereocenters. The minimum absolute atomic E-state index is 0. The standard InChI is InChI=1S/C11H9NO3.Na/c1-15-10-4-2-8(3-5-10)6-9(7-12)11(13)14;/h2-6H,1H3,(H,13,14);/q;+1/p-1/b9-6-;. The van der Waals surface area contributed by atoms with E-state index in [1.165, 1.54) is 13.2 Å². The van der Waals surface area contributed by atoms with Crippen LogP contribution in [0.5, 0.6) is 5.75 Å². The van der Waals surface area contributed by atoms with Crippen LogP contribution in [0, 0.1) is 11.3 Å². The molecule has 76 valence electrons. The van der Waals surface area contributed by atoms with E-state index in [2.05, 4.69) is 0 Å². The third kappa shape index (κ3) is 4.07. The molecular weight excluding hydrogens is 217 g/mol. The van der Waals surface area contributed by atoms with Crippen molar-refractivity contribution in [3.63, 3.8) is 0 Å². The molecule has 0 aliphatic carbocycles. The largest absolute Gasteiger partial charge is 1.00 e. The number of nitriles is 1. The van der Waals surface area contributed by atoms with Crippen LogP contribution in [-0.4, -0.2) is 13.1 Å². The van der Waals surface area contributed by atoms with Gasteiger partial charge in [-0.3, -0.25) is 0 Å². The zero-order valence-electron chi connectivity index (χ0n) is 9.06. The maximum Gasteiger partial charge on any atom is 1.00 e. The number of ether oxygens (including phenoxy) is 1. The van der Waals surface area contributed by atoms with E-state index in [0.717, 1.165) is 0 Å². The summed E-state index contributed by atoms with van der Waals surface area (Å²) < 4.78 is 4.93. The Kier molecular flexibility index (Phi) is 6.50. The minimum Gasteiger partial charge on any atom is -0.544 e. The van der Waals surface area contributed by atoms with Crippen LogP contribution in [0.4, 0.5) is 0 Å². The monoisotopic (exact) mass is 225 g/mol. The molecule has 1 aromatic carbocycles. The number of carbonyl (C=O) groups excluding carboxylic acids is 1. The normalized spacial score (nSPS) is 9.88. The van der Waals surface area contributed by atoms with Gasteiger partial charge in [-0.15, -0.1) is 0 Å². The summed E-state index contributed by atoms with van der Waals surface area (Å²) in [6.45, 7) is 0. The first-order valence-corrected chi connectivity index (χ1v) is 4.14. The molecule has 0 heterocycles. The number of aliphatic carboxylic acids is 1. The first-order chi connectivity index (χ1) is 7.17. The Bertz CT molecular complexity index is 432. The van der Waals surface area contributed by atoms with E-state index >= 15 is 0 Å². The van der Waals surface area contributed by atoms with Crippen molar-refractivity contribution in [2.45, 2.75) is 0 Å². The van der Waals surface area contributed by atoms with Crippen molar-refractivity contribution in [2.24, 2.45) is 0 Å². The summed E-state index contributed by atoms with van der Waals surface area (Å²) in [6.07, 6.45) is 1.24. The van der Waals surface area contributed by atoms with Crippen LogP contribution in [0.1, 0.15) is 5.56 Å². The van der Waals surface area contributed by atoms with Gasteiger partial charge < -0.3 is 14.6 Å². The average molecular weight is 225 g/mol. The van der Waals surface area contributed by atoms with Crippen LogP contribution in [0.3, 0.4) is 0 Å². The summed E-state index contributed by atoms with van der Waals surface area (Å²) in [5, 5.41) is 18.9. The van der Waals surface area contributed by atoms with Gasteiger partial charge in [-0.1, -0.05) is 12.1 Å². The molecule has 0 amide bonds.